The fourth-order valence-electron chi connectivity index (χ4n) is 2.30. The minimum Gasteiger partial charge on any atom is -0.383 e. The maximum absolute atomic E-state index is 14.3. The summed E-state index contributed by atoms with van der Waals surface area (Å²) in [5.74, 6) is 0.181. The summed E-state index contributed by atoms with van der Waals surface area (Å²) >= 11 is 0. The molecule has 0 radical (unpaired) electrons. The zero-order chi connectivity index (χ0) is 13.8. The highest BCUT2D eigenvalue weighted by Gasteiger charge is 2.53. The average Bonchev–Trinajstić information content (AvgIpc) is 2.55. The second-order valence-corrected chi connectivity index (χ2v) is 4.95. The molecule has 0 aromatic carbocycles. The van der Waals surface area contributed by atoms with Crippen molar-refractivity contribution in [1.29, 1.82) is 0 Å². The Bertz CT molecular complexity index is 252. The summed E-state index contributed by atoms with van der Waals surface area (Å²) in [7, 11) is 3.05. The molecule has 0 spiro atoms. The molecule has 1 unspecified atom stereocenters. The molecule has 0 aromatic rings. The monoisotopic (exact) mass is 266 g/mol. The lowest BCUT2D eigenvalue weighted by atomic mass is 10.0. The Morgan fingerprint density at radius 2 is 1.72 bits per heavy atom. The third kappa shape index (κ3) is 3.38. The maximum Gasteiger partial charge on any atom is 0.370 e. The van der Waals surface area contributed by atoms with E-state index in [1.165, 1.54) is 24.0 Å². The second kappa shape index (κ2) is 6.75. The fraction of sp³-hybridized carbons (Fsp3) is 1.00. The van der Waals surface area contributed by atoms with Crippen molar-refractivity contribution in [2.45, 2.75) is 26.1 Å². The van der Waals surface area contributed by atoms with E-state index in [1.54, 1.807) is 0 Å². The fourth-order valence-corrected chi connectivity index (χ4v) is 2.30. The van der Waals surface area contributed by atoms with Gasteiger partial charge in [0.25, 0.3) is 0 Å². The number of hydrogen-bond donors (Lipinski definition) is 0. The summed E-state index contributed by atoms with van der Waals surface area (Å²) in [5.41, 5.74) is 0. The van der Waals surface area contributed by atoms with Gasteiger partial charge in [-0.25, -0.2) is 9.80 Å². The van der Waals surface area contributed by atoms with Gasteiger partial charge in [0.05, 0.1) is 13.2 Å². The van der Waals surface area contributed by atoms with Crippen molar-refractivity contribution < 1.29 is 18.3 Å². The maximum atomic E-state index is 14.3. The predicted molar refractivity (Wildman–Crippen MR) is 65.6 cm³/mol. The number of halogens is 2. The van der Waals surface area contributed by atoms with Gasteiger partial charge in [-0.05, 0) is 5.92 Å². The Hall–Kier alpha value is -0.300. The van der Waals surface area contributed by atoms with Crippen LogP contribution in [-0.4, -0.2) is 69.1 Å². The van der Waals surface area contributed by atoms with E-state index in [0.717, 1.165) is 0 Å². The van der Waals surface area contributed by atoms with Gasteiger partial charge in [0.2, 0.25) is 0 Å². The Morgan fingerprint density at radius 1 is 1.17 bits per heavy atom. The molecule has 0 aliphatic carbocycles. The van der Waals surface area contributed by atoms with Crippen LogP contribution >= 0.6 is 0 Å². The van der Waals surface area contributed by atoms with Crippen LogP contribution in [-0.2, 0) is 9.47 Å². The third-order valence-electron chi connectivity index (χ3n) is 3.40. The third-order valence-corrected chi connectivity index (χ3v) is 3.40. The van der Waals surface area contributed by atoms with Gasteiger partial charge in [0.15, 0.2) is 0 Å². The molecule has 1 rings (SSSR count). The van der Waals surface area contributed by atoms with E-state index >= 15 is 0 Å². The van der Waals surface area contributed by atoms with Crippen molar-refractivity contribution >= 4 is 0 Å². The lowest BCUT2D eigenvalue weighted by molar-refractivity contribution is -0.221. The van der Waals surface area contributed by atoms with E-state index in [0.29, 0.717) is 19.8 Å². The number of ether oxygens (including phenoxy) is 2. The van der Waals surface area contributed by atoms with Crippen LogP contribution in [0.1, 0.15) is 13.8 Å². The smallest absolute Gasteiger partial charge is 0.370 e. The van der Waals surface area contributed by atoms with Gasteiger partial charge < -0.3 is 9.47 Å². The van der Waals surface area contributed by atoms with E-state index < -0.39 is 6.17 Å². The highest BCUT2D eigenvalue weighted by molar-refractivity contribution is 4.91. The van der Waals surface area contributed by atoms with Crippen LogP contribution in [0.15, 0.2) is 0 Å². The van der Waals surface area contributed by atoms with Crippen LogP contribution in [0.5, 0.6) is 0 Å². The number of hydrogen-bond acceptors (Lipinski definition) is 4. The van der Waals surface area contributed by atoms with Gasteiger partial charge in [0.1, 0.15) is 0 Å². The topological polar surface area (TPSA) is 24.9 Å². The Balaban J connectivity index is 2.75. The molecule has 4 nitrogen and oxygen atoms in total. The normalized spacial score (nSPS) is 25.2. The molecule has 108 valence electrons. The zero-order valence-electron chi connectivity index (χ0n) is 11.7. The molecule has 1 fully saturated rings. The Labute approximate surface area is 108 Å². The number of nitrogens with zero attached hydrogens (tertiary/aromatic N) is 2. The van der Waals surface area contributed by atoms with Crippen LogP contribution < -0.4 is 0 Å². The SMILES string of the molecule is COCCN1CC(C(C)C)N(CCOC)C1(F)F. The zero-order valence-corrected chi connectivity index (χ0v) is 11.7. The molecule has 0 N–H and O–H groups in total. The molecule has 0 bridgehead atoms. The molecule has 1 saturated heterocycles. The van der Waals surface area contributed by atoms with Crippen LogP contribution in [0.4, 0.5) is 8.78 Å². The van der Waals surface area contributed by atoms with Crippen molar-refractivity contribution in [3.8, 4) is 0 Å². The Kier molecular flexibility index (Phi) is 5.91. The summed E-state index contributed by atoms with van der Waals surface area (Å²) in [4.78, 5) is 2.44. The standard InChI is InChI=1S/C12H24F2N2O2/c1-10(2)11-9-15(5-7-17-3)12(13,14)16(11)6-8-18-4/h10-11H,5-9H2,1-4H3. The highest BCUT2D eigenvalue weighted by Crippen LogP contribution is 2.36. The quantitative estimate of drug-likeness (QED) is 0.652. The lowest BCUT2D eigenvalue weighted by Gasteiger charge is -2.31. The average molecular weight is 266 g/mol. The van der Waals surface area contributed by atoms with E-state index in [2.05, 4.69) is 0 Å². The van der Waals surface area contributed by atoms with Crippen molar-refractivity contribution in [1.82, 2.24) is 9.80 Å². The predicted octanol–water partition coefficient (Wildman–Crippen LogP) is 1.47. The highest BCUT2D eigenvalue weighted by atomic mass is 19.3. The molecule has 1 aliphatic rings. The van der Waals surface area contributed by atoms with Gasteiger partial charge >= 0.3 is 6.17 Å². The molecular weight excluding hydrogens is 242 g/mol. The Morgan fingerprint density at radius 3 is 2.22 bits per heavy atom. The molecule has 0 aromatic heterocycles. The summed E-state index contributed by atoms with van der Waals surface area (Å²) in [5, 5.41) is 0. The van der Waals surface area contributed by atoms with Crippen molar-refractivity contribution in [2.75, 3.05) is 47.1 Å². The summed E-state index contributed by atoms with van der Waals surface area (Å²) in [6.45, 7) is 5.44. The van der Waals surface area contributed by atoms with Gasteiger partial charge in [-0.2, -0.15) is 8.78 Å². The number of rotatable bonds is 7. The van der Waals surface area contributed by atoms with E-state index in [-0.39, 0.29) is 25.0 Å². The largest absolute Gasteiger partial charge is 0.383 e. The van der Waals surface area contributed by atoms with Crippen LogP contribution in [0.2, 0.25) is 0 Å². The molecule has 0 amide bonds. The first kappa shape index (κ1) is 15.8. The van der Waals surface area contributed by atoms with E-state index in [1.807, 2.05) is 13.8 Å². The second-order valence-electron chi connectivity index (χ2n) is 4.95. The van der Waals surface area contributed by atoms with Crippen molar-refractivity contribution in [3.05, 3.63) is 0 Å². The first-order valence-corrected chi connectivity index (χ1v) is 6.32. The molecule has 1 aliphatic heterocycles. The van der Waals surface area contributed by atoms with Crippen LogP contribution in [0.25, 0.3) is 0 Å². The minimum atomic E-state index is -2.91. The molecule has 18 heavy (non-hydrogen) atoms. The van der Waals surface area contributed by atoms with Gasteiger partial charge in [-0.3, -0.25) is 0 Å². The lowest BCUT2D eigenvalue weighted by Crippen LogP contribution is -2.50. The van der Waals surface area contributed by atoms with E-state index in [4.69, 9.17) is 9.47 Å². The molecule has 0 saturated carbocycles. The number of methoxy groups -OCH3 is 2. The van der Waals surface area contributed by atoms with Gasteiger partial charge in [0, 0.05) is 39.9 Å². The van der Waals surface area contributed by atoms with E-state index in [9.17, 15) is 8.78 Å². The first-order valence-electron chi connectivity index (χ1n) is 6.32. The van der Waals surface area contributed by atoms with Crippen LogP contribution in [0, 0.1) is 5.92 Å². The summed E-state index contributed by atoms with van der Waals surface area (Å²) < 4.78 is 38.4. The van der Waals surface area contributed by atoms with Gasteiger partial charge in [-0.1, -0.05) is 13.8 Å². The molecular formula is C12H24F2N2O2. The van der Waals surface area contributed by atoms with Crippen molar-refractivity contribution in [3.63, 3.8) is 0 Å². The minimum absolute atomic E-state index is 0.146. The van der Waals surface area contributed by atoms with Crippen LogP contribution in [0.3, 0.4) is 0 Å². The first-order chi connectivity index (χ1) is 8.45. The van der Waals surface area contributed by atoms with Crippen molar-refractivity contribution in [2.24, 2.45) is 5.92 Å². The molecule has 6 heteroatoms. The molecule has 1 heterocycles. The molecule has 1 atom stereocenters. The number of alkyl halides is 2. The van der Waals surface area contributed by atoms with Gasteiger partial charge in [-0.15, -0.1) is 0 Å². The summed E-state index contributed by atoms with van der Waals surface area (Å²) in [6.07, 6.45) is -2.91. The summed E-state index contributed by atoms with van der Waals surface area (Å²) in [6, 6.07) is -0.146.